The maximum atomic E-state index is 11.3. The fourth-order valence-electron chi connectivity index (χ4n) is 15.5. The van der Waals surface area contributed by atoms with Crippen LogP contribution in [0.25, 0.3) is 0 Å². The summed E-state index contributed by atoms with van der Waals surface area (Å²) in [5.41, 5.74) is 0.606. The van der Waals surface area contributed by atoms with Crippen molar-refractivity contribution in [2.24, 2.45) is 46.3 Å². The third-order valence-electron chi connectivity index (χ3n) is 19.7. The summed E-state index contributed by atoms with van der Waals surface area (Å²) >= 11 is 0. The number of aliphatic hydroxyl groups excluding tert-OH is 10. The van der Waals surface area contributed by atoms with Gasteiger partial charge in [-0.15, -0.1) is 0 Å². The molecular formula is C50H81NO20. The molecule has 21 nitrogen and oxygen atoms in total. The van der Waals surface area contributed by atoms with Crippen molar-refractivity contribution in [2.45, 2.75) is 234 Å². The van der Waals surface area contributed by atoms with Gasteiger partial charge in [-0.3, -0.25) is 0 Å². The van der Waals surface area contributed by atoms with E-state index in [2.05, 4.69) is 33.8 Å². The Labute approximate surface area is 414 Å². The fourth-order valence-corrected chi connectivity index (χ4v) is 15.5. The van der Waals surface area contributed by atoms with E-state index >= 15 is 0 Å². The summed E-state index contributed by atoms with van der Waals surface area (Å²) in [7, 11) is 0. The Kier molecular flexibility index (Phi) is 15.0. The Morgan fingerprint density at radius 3 is 1.94 bits per heavy atom. The molecule has 1 spiro atoms. The Morgan fingerprint density at radius 1 is 0.662 bits per heavy atom. The molecule has 21 heteroatoms. The first-order valence-electron chi connectivity index (χ1n) is 26.4. The van der Waals surface area contributed by atoms with E-state index in [0.717, 1.165) is 44.9 Å². The number of nitrogens with zero attached hydrogens (tertiary/aromatic N) is 1. The van der Waals surface area contributed by atoms with Gasteiger partial charge in [0, 0.05) is 12.5 Å². The Hall–Kier alpha value is -1.10. The van der Waals surface area contributed by atoms with Crippen molar-refractivity contribution >= 4 is 0 Å². The first-order chi connectivity index (χ1) is 33.6. The van der Waals surface area contributed by atoms with Crippen LogP contribution in [-0.2, 0) is 42.6 Å². The van der Waals surface area contributed by atoms with Crippen molar-refractivity contribution < 1.29 is 98.9 Å². The zero-order chi connectivity index (χ0) is 50.8. The molecule has 30 atom stereocenters. The van der Waals surface area contributed by atoms with Crippen molar-refractivity contribution in [3.63, 3.8) is 0 Å². The predicted octanol–water partition coefficient (Wildman–Crippen LogP) is -0.620. The van der Waals surface area contributed by atoms with Gasteiger partial charge in [-0.25, -0.2) is 0 Å². The molecule has 0 amide bonds. The molecule has 10 aliphatic rings. The topological polar surface area (TPSA) is 309 Å². The standard InChI is InChI=1S/C50H81NO20/c1-20-9-14-50(51(62)17-20)21(2)32-30(71-50)16-28-26-8-7-24-15-25(10-12-48(24,5)27(26)11-13-49(28,32)6)66-47-43(70-46-40(61)37(58)34(55)23(4)65-46)42(69-44-38(59)35(56)29(53)19-63-44)41(31(18-52)67-47)68-45-39(60)36(57)33(54)22(3)64-45/h7,20-23,25-47,52-62H,8-19H2,1-6H3. The lowest BCUT2D eigenvalue weighted by molar-refractivity contribution is -0.407. The molecule has 6 heterocycles. The van der Waals surface area contributed by atoms with E-state index in [4.69, 9.17) is 42.6 Å². The van der Waals surface area contributed by atoms with E-state index in [-0.39, 0.29) is 22.9 Å². The van der Waals surface area contributed by atoms with Crippen LogP contribution in [0.4, 0.5) is 0 Å². The highest BCUT2D eigenvalue weighted by Crippen LogP contribution is 2.71. The summed E-state index contributed by atoms with van der Waals surface area (Å²) in [6, 6.07) is 0. The van der Waals surface area contributed by atoms with Crippen molar-refractivity contribution in [2.75, 3.05) is 19.8 Å². The highest BCUT2D eigenvalue weighted by Gasteiger charge is 2.70. The lowest BCUT2D eigenvalue weighted by atomic mass is 9.47. The molecule has 9 fully saturated rings. The molecule has 11 N–H and O–H groups in total. The molecule has 0 aromatic rings. The first kappa shape index (κ1) is 53.3. The molecule has 3 saturated carbocycles. The fraction of sp³-hybridized carbons (Fsp3) is 0.960. The number of ether oxygens (including phenoxy) is 9. The Bertz CT molecular complexity index is 1900. The number of hydrogen-bond acceptors (Lipinski definition) is 21. The van der Waals surface area contributed by atoms with E-state index in [1.165, 1.54) is 24.5 Å². The van der Waals surface area contributed by atoms with Gasteiger partial charge in [0.05, 0.1) is 37.6 Å². The van der Waals surface area contributed by atoms with Crippen molar-refractivity contribution in [3.05, 3.63) is 11.6 Å². The van der Waals surface area contributed by atoms with Crippen LogP contribution in [0.15, 0.2) is 11.6 Å². The van der Waals surface area contributed by atoms with Gasteiger partial charge in [-0.2, -0.15) is 5.06 Å². The molecule has 4 aliphatic carbocycles. The zero-order valence-electron chi connectivity index (χ0n) is 41.7. The van der Waals surface area contributed by atoms with Crippen molar-refractivity contribution in [3.8, 4) is 0 Å². The van der Waals surface area contributed by atoms with Gasteiger partial charge in [0.15, 0.2) is 25.2 Å². The molecule has 6 saturated heterocycles. The summed E-state index contributed by atoms with van der Waals surface area (Å²) in [5, 5.41) is 121. The van der Waals surface area contributed by atoms with Crippen molar-refractivity contribution in [1.82, 2.24) is 5.06 Å². The summed E-state index contributed by atoms with van der Waals surface area (Å²) < 4.78 is 57.0. The van der Waals surface area contributed by atoms with Crippen LogP contribution in [0, 0.1) is 46.3 Å². The van der Waals surface area contributed by atoms with Crippen LogP contribution in [0.2, 0.25) is 0 Å². The van der Waals surface area contributed by atoms with Crippen molar-refractivity contribution in [1.29, 1.82) is 0 Å². The Morgan fingerprint density at radius 2 is 1.30 bits per heavy atom. The summed E-state index contributed by atoms with van der Waals surface area (Å²) in [6.07, 6.45) is -19.8. The minimum atomic E-state index is -1.84. The first-order valence-corrected chi connectivity index (χ1v) is 26.4. The summed E-state index contributed by atoms with van der Waals surface area (Å²) in [5.74, 6) is 2.33. The second kappa shape index (κ2) is 20.0. The van der Waals surface area contributed by atoms with Gasteiger partial charge in [0.1, 0.15) is 85.1 Å². The van der Waals surface area contributed by atoms with Crippen LogP contribution in [0.1, 0.15) is 99.3 Å². The van der Waals surface area contributed by atoms with E-state index in [0.29, 0.717) is 49.0 Å². The third-order valence-corrected chi connectivity index (χ3v) is 19.7. The Balaban J connectivity index is 0.920. The van der Waals surface area contributed by atoms with Crippen LogP contribution in [0.5, 0.6) is 0 Å². The van der Waals surface area contributed by atoms with E-state index in [1.54, 1.807) is 0 Å². The normalized spacial score (nSPS) is 57.6. The minimum Gasteiger partial charge on any atom is -0.394 e. The molecule has 0 radical (unpaired) electrons. The van der Waals surface area contributed by atoms with Crippen LogP contribution < -0.4 is 0 Å². The van der Waals surface area contributed by atoms with E-state index in [1.807, 2.05) is 0 Å². The maximum Gasteiger partial charge on any atom is 0.187 e. The molecule has 0 aromatic carbocycles. The van der Waals surface area contributed by atoms with Crippen LogP contribution >= 0.6 is 0 Å². The molecular weight excluding hydrogens is 935 g/mol. The van der Waals surface area contributed by atoms with Crippen LogP contribution in [-0.4, -0.2) is 216 Å². The average molecular weight is 1020 g/mol. The molecule has 10 rings (SSSR count). The number of allylic oxidation sites excluding steroid dienone is 1. The highest BCUT2D eigenvalue weighted by molar-refractivity contribution is 5.27. The number of rotatable bonds is 9. The van der Waals surface area contributed by atoms with Gasteiger partial charge in [0.25, 0.3) is 0 Å². The molecule has 71 heavy (non-hydrogen) atoms. The largest absolute Gasteiger partial charge is 0.394 e. The lowest BCUT2D eigenvalue weighted by Gasteiger charge is -2.59. The molecule has 30 unspecified atom stereocenters. The van der Waals surface area contributed by atoms with Crippen LogP contribution in [0.3, 0.4) is 0 Å². The van der Waals surface area contributed by atoms with E-state index in [9.17, 15) is 56.3 Å². The highest BCUT2D eigenvalue weighted by atomic mass is 16.8. The minimum absolute atomic E-state index is 0.0795. The number of aliphatic hydroxyl groups is 10. The number of hydroxylamine groups is 2. The maximum absolute atomic E-state index is 11.3. The second-order valence-corrected chi connectivity index (χ2v) is 23.7. The molecule has 6 aliphatic heterocycles. The summed E-state index contributed by atoms with van der Waals surface area (Å²) in [4.78, 5) is 0. The number of hydrogen-bond donors (Lipinski definition) is 11. The van der Waals surface area contributed by atoms with Gasteiger partial charge in [-0.05, 0) is 112 Å². The average Bonchev–Trinajstić information content (AvgIpc) is 3.80. The quantitative estimate of drug-likeness (QED) is 0.128. The monoisotopic (exact) mass is 1020 g/mol. The van der Waals surface area contributed by atoms with Gasteiger partial charge in [0.2, 0.25) is 0 Å². The summed E-state index contributed by atoms with van der Waals surface area (Å²) in [6.45, 7) is 11.7. The lowest BCUT2D eigenvalue weighted by Crippen LogP contribution is -2.68. The molecule has 0 bridgehead atoms. The van der Waals surface area contributed by atoms with E-state index < -0.39 is 142 Å². The number of fused-ring (bicyclic) bond motifs is 7. The zero-order valence-corrected chi connectivity index (χ0v) is 41.7. The van der Waals surface area contributed by atoms with Gasteiger partial charge < -0.3 is 98.9 Å². The molecule has 0 aromatic heterocycles. The van der Waals surface area contributed by atoms with Gasteiger partial charge >= 0.3 is 0 Å². The van der Waals surface area contributed by atoms with Gasteiger partial charge in [-0.1, -0.05) is 39.3 Å². The third kappa shape index (κ3) is 8.92. The second-order valence-electron chi connectivity index (χ2n) is 23.7. The SMILES string of the molecule is CC1CCC2(OC3CC4C5CC=C6CC(OC7OC(CO)C(OC8OC(C)C(O)C(O)C8O)C(OC8OCC(O)C(O)C8O)C7OC7OC(C)C(O)C(O)C7O)CCC6(C)C5CCC4(C)C3C2C)N(O)C1. The number of piperidine rings is 1. The molecule has 406 valence electrons. The predicted molar refractivity (Wildman–Crippen MR) is 242 cm³/mol. The smallest absolute Gasteiger partial charge is 0.187 e.